The molecule has 0 aromatic carbocycles. The number of aromatic nitrogens is 2. The van der Waals surface area contributed by atoms with E-state index in [1.807, 2.05) is 17.8 Å². The first-order valence-electron chi connectivity index (χ1n) is 4.57. The number of hydrogen-bond acceptors (Lipinski definition) is 3. The Morgan fingerprint density at radius 1 is 1.40 bits per heavy atom. The van der Waals surface area contributed by atoms with Gasteiger partial charge in [-0.25, -0.2) is 0 Å². The lowest BCUT2D eigenvalue weighted by Crippen LogP contribution is -2.43. The van der Waals surface area contributed by atoms with Crippen LogP contribution in [0.25, 0.3) is 0 Å². The third kappa shape index (κ3) is 2.84. The SMILES string of the molecule is Cl.Cl.Cn1nccc1C1(N)CCOCC1. The normalized spacial score (nSPS) is 18.8. The second-order valence-corrected chi connectivity index (χ2v) is 3.61. The molecule has 1 aliphatic rings. The van der Waals surface area contributed by atoms with Gasteiger partial charge < -0.3 is 10.5 Å². The van der Waals surface area contributed by atoms with Crippen molar-refractivity contribution in [2.24, 2.45) is 12.8 Å². The fraction of sp³-hybridized carbons (Fsp3) is 0.667. The van der Waals surface area contributed by atoms with Crippen LogP contribution in [-0.4, -0.2) is 23.0 Å². The number of hydrogen-bond donors (Lipinski definition) is 1. The molecule has 0 saturated carbocycles. The molecule has 6 heteroatoms. The first-order valence-corrected chi connectivity index (χ1v) is 4.57. The quantitative estimate of drug-likeness (QED) is 0.820. The lowest BCUT2D eigenvalue weighted by molar-refractivity contribution is 0.0495. The third-order valence-electron chi connectivity index (χ3n) is 2.72. The van der Waals surface area contributed by atoms with Crippen LogP contribution in [0.3, 0.4) is 0 Å². The molecule has 15 heavy (non-hydrogen) atoms. The van der Waals surface area contributed by atoms with Gasteiger partial charge in [0, 0.05) is 26.5 Å². The molecule has 1 fully saturated rings. The van der Waals surface area contributed by atoms with Crippen LogP contribution in [0.15, 0.2) is 12.3 Å². The molecule has 4 nitrogen and oxygen atoms in total. The molecule has 0 aliphatic carbocycles. The summed E-state index contributed by atoms with van der Waals surface area (Å²) >= 11 is 0. The molecule has 2 heterocycles. The van der Waals surface area contributed by atoms with E-state index in [0.717, 1.165) is 31.7 Å². The average molecular weight is 254 g/mol. The molecule has 0 bridgehead atoms. The highest BCUT2D eigenvalue weighted by atomic mass is 35.5. The Morgan fingerprint density at radius 3 is 2.47 bits per heavy atom. The number of ether oxygens (including phenoxy) is 1. The molecule has 2 rings (SSSR count). The van der Waals surface area contributed by atoms with Gasteiger partial charge in [-0.05, 0) is 18.9 Å². The number of nitrogens with two attached hydrogens (primary N) is 1. The van der Waals surface area contributed by atoms with Crippen molar-refractivity contribution in [3.05, 3.63) is 18.0 Å². The van der Waals surface area contributed by atoms with E-state index in [-0.39, 0.29) is 30.4 Å². The largest absolute Gasteiger partial charge is 0.381 e. The highest BCUT2D eigenvalue weighted by molar-refractivity contribution is 5.85. The summed E-state index contributed by atoms with van der Waals surface area (Å²) in [6.45, 7) is 1.50. The van der Waals surface area contributed by atoms with Crippen molar-refractivity contribution in [2.45, 2.75) is 18.4 Å². The summed E-state index contributed by atoms with van der Waals surface area (Å²) in [7, 11) is 1.93. The van der Waals surface area contributed by atoms with E-state index >= 15 is 0 Å². The molecule has 1 saturated heterocycles. The van der Waals surface area contributed by atoms with Crippen molar-refractivity contribution < 1.29 is 4.74 Å². The fourth-order valence-electron chi connectivity index (χ4n) is 1.85. The van der Waals surface area contributed by atoms with Crippen molar-refractivity contribution >= 4 is 24.8 Å². The summed E-state index contributed by atoms with van der Waals surface area (Å²) in [5.41, 5.74) is 7.16. The maximum absolute atomic E-state index is 6.28. The van der Waals surface area contributed by atoms with Crippen LogP contribution in [0.1, 0.15) is 18.5 Å². The van der Waals surface area contributed by atoms with Gasteiger partial charge in [-0.2, -0.15) is 5.10 Å². The summed E-state index contributed by atoms with van der Waals surface area (Å²) < 4.78 is 7.15. The number of rotatable bonds is 1. The molecule has 0 amide bonds. The van der Waals surface area contributed by atoms with E-state index in [1.54, 1.807) is 6.20 Å². The van der Waals surface area contributed by atoms with Gasteiger partial charge in [0.15, 0.2) is 0 Å². The Hall–Kier alpha value is -0.290. The summed E-state index contributed by atoms with van der Waals surface area (Å²) in [5.74, 6) is 0. The number of halogens is 2. The van der Waals surface area contributed by atoms with Crippen LogP contribution in [0.5, 0.6) is 0 Å². The molecule has 88 valence electrons. The highest BCUT2D eigenvalue weighted by Crippen LogP contribution is 2.28. The molecular formula is C9H17Cl2N3O. The summed E-state index contributed by atoms with van der Waals surface area (Å²) in [4.78, 5) is 0. The van der Waals surface area contributed by atoms with E-state index in [0.29, 0.717) is 0 Å². The lowest BCUT2D eigenvalue weighted by atomic mass is 9.88. The minimum absolute atomic E-state index is 0. The van der Waals surface area contributed by atoms with Gasteiger partial charge >= 0.3 is 0 Å². The van der Waals surface area contributed by atoms with Crippen LogP contribution < -0.4 is 5.73 Å². The molecule has 0 spiro atoms. The Labute approximate surface area is 102 Å². The monoisotopic (exact) mass is 253 g/mol. The van der Waals surface area contributed by atoms with Crippen LogP contribution >= 0.6 is 24.8 Å². The molecule has 0 unspecified atom stereocenters. The van der Waals surface area contributed by atoms with Crippen LogP contribution in [0, 0.1) is 0 Å². The van der Waals surface area contributed by atoms with Gasteiger partial charge in [-0.3, -0.25) is 4.68 Å². The number of nitrogens with zero attached hydrogens (tertiary/aromatic N) is 2. The highest BCUT2D eigenvalue weighted by Gasteiger charge is 2.32. The van der Waals surface area contributed by atoms with Crippen molar-refractivity contribution in [3.8, 4) is 0 Å². The fourth-order valence-corrected chi connectivity index (χ4v) is 1.85. The van der Waals surface area contributed by atoms with E-state index < -0.39 is 0 Å². The molecule has 0 atom stereocenters. The summed E-state index contributed by atoms with van der Waals surface area (Å²) in [6.07, 6.45) is 3.55. The minimum atomic E-state index is -0.233. The number of aryl methyl sites for hydroxylation is 1. The van der Waals surface area contributed by atoms with E-state index in [2.05, 4.69) is 5.10 Å². The second-order valence-electron chi connectivity index (χ2n) is 3.61. The first-order chi connectivity index (χ1) is 6.22. The zero-order chi connectivity index (χ0) is 9.31. The summed E-state index contributed by atoms with van der Waals surface area (Å²) in [6, 6.07) is 1.99. The predicted octanol–water partition coefficient (Wildman–Crippen LogP) is 1.23. The van der Waals surface area contributed by atoms with Crippen LogP contribution in [0.2, 0.25) is 0 Å². The maximum atomic E-state index is 6.28. The van der Waals surface area contributed by atoms with Crippen LogP contribution in [0.4, 0.5) is 0 Å². The first kappa shape index (κ1) is 14.7. The van der Waals surface area contributed by atoms with Crippen molar-refractivity contribution in [3.63, 3.8) is 0 Å². The smallest absolute Gasteiger partial charge is 0.0624 e. The van der Waals surface area contributed by atoms with Crippen molar-refractivity contribution in [1.29, 1.82) is 0 Å². The Bertz CT molecular complexity index is 297. The van der Waals surface area contributed by atoms with Gasteiger partial charge in [0.1, 0.15) is 0 Å². The van der Waals surface area contributed by atoms with E-state index in [4.69, 9.17) is 10.5 Å². The van der Waals surface area contributed by atoms with E-state index in [1.165, 1.54) is 0 Å². The molecule has 2 N–H and O–H groups in total. The average Bonchev–Trinajstić information content (AvgIpc) is 2.53. The van der Waals surface area contributed by atoms with Gasteiger partial charge in [0.05, 0.1) is 11.2 Å². The minimum Gasteiger partial charge on any atom is -0.381 e. The summed E-state index contributed by atoms with van der Waals surface area (Å²) in [5, 5.41) is 4.13. The molecule has 0 radical (unpaired) electrons. The molecule has 1 aromatic heterocycles. The lowest BCUT2D eigenvalue weighted by Gasteiger charge is -2.33. The Morgan fingerprint density at radius 2 is 2.00 bits per heavy atom. The predicted molar refractivity (Wildman–Crippen MR) is 63.6 cm³/mol. The van der Waals surface area contributed by atoms with Gasteiger partial charge in [0.25, 0.3) is 0 Å². The van der Waals surface area contributed by atoms with Gasteiger partial charge in [-0.1, -0.05) is 0 Å². The standard InChI is InChI=1S/C9H15N3O.2ClH/c1-12-8(2-5-11-12)9(10)3-6-13-7-4-9;;/h2,5H,3-4,6-7,10H2,1H3;2*1H. The van der Waals surface area contributed by atoms with Crippen LogP contribution in [-0.2, 0) is 17.3 Å². The van der Waals surface area contributed by atoms with Gasteiger partial charge in [-0.15, -0.1) is 24.8 Å². The molecule has 1 aromatic rings. The zero-order valence-corrected chi connectivity index (χ0v) is 10.3. The van der Waals surface area contributed by atoms with Crippen molar-refractivity contribution in [1.82, 2.24) is 9.78 Å². The molecular weight excluding hydrogens is 237 g/mol. The Kier molecular flexibility index (Phi) is 5.59. The Balaban J connectivity index is 0.000000980. The second kappa shape index (κ2) is 5.70. The van der Waals surface area contributed by atoms with Crippen molar-refractivity contribution in [2.75, 3.05) is 13.2 Å². The third-order valence-corrected chi connectivity index (χ3v) is 2.72. The maximum Gasteiger partial charge on any atom is 0.0624 e. The zero-order valence-electron chi connectivity index (χ0n) is 8.68. The van der Waals surface area contributed by atoms with Gasteiger partial charge in [0.2, 0.25) is 0 Å². The molecule has 1 aliphatic heterocycles. The van der Waals surface area contributed by atoms with E-state index in [9.17, 15) is 0 Å². The topological polar surface area (TPSA) is 53.1 Å².